The van der Waals surface area contributed by atoms with Gasteiger partial charge in [0.15, 0.2) is 5.16 Å². The van der Waals surface area contributed by atoms with Gasteiger partial charge in [0.25, 0.3) is 5.56 Å². The van der Waals surface area contributed by atoms with Crippen molar-refractivity contribution >= 4 is 34.6 Å². The van der Waals surface area contributed by atoms with Crippen LogP contribution in [0.2, 0.25) is 0 Å². The van der Waals surface area contributed by atoms with Crippen LogP contribution in [0.5, 0.6) is 0 Å². The van der Waals surface area contributed by atoms with Crippen molar-refractivity contribution in [2.45, 2.75) is 31.2 Å². The molecule has 3 amide bonds. The van der Waals surface area contributed by atoms with Gasteiger partial charge in [-0.05, 0) is 44.5 Å². The average Bonchev–Trinajstić information content (AvgIpc) is 2.69. The molecule has 3 aromatic rings. The van der Waals surface area contributed by atoms with E-state index in [9.17, 15) is 14.4 Å². The summed E-state index contributed by atoms with van der Waals surface area (Å²) < 4.78 is 1.53. The van der Waals surface area contributed by atoms with E-state index >= 15 is 0 Å². The Hall–Kier alpha value is -3.13. The highest BCUT2D eigenvalue weighted by atomic mass is 32.2. The van der Waals surface area contributed by atoms with Crippen LogP contribution in [0.3, 0.4) is 0 Å². The quantitative estimate of drug-likeness (QED) is 0.510. The van der Waals surface area contributed by atoms with Gasteiger partial charge >= 0.3 is 6.03 Å². The fraction of sp³-hybridized carbons (Fsp3) is 0.238. The van der Waals surface area contributed by atoms with Gasteiger partial charge in [0.1, 0.15) is 0 Å². The van der Waals surface area contributed by atoms with Crippen molar-refractivity contribution in [2.24, 2.45) is 0 Å². The molecule has 0 saturated heterocycles. The zero-order valence-corrected chi connectivity index (χ0v) is 17.5. The fourth-order valence-electron chi connectivity index (χ4n) is 2.95. The van der Waals surface area contributed by atoms with Crippen LogP contribution in [0, 0.1) is 13.8 Å². The molecule has 0 aliphatic heterocycles. The summed E-state index contributed by atoms with van der Waals surface area (Å²) in [6.45, 7) is 5.58. The second kappa shape index (κ2) is 8.48. The van der Waals surface area contributed by atoms with Gasteiger partial charge in [-0.2, -0.15) is 0 Å². The fourth-order valence-corrected chi connectivity index (χ4v) is 3.87. The molecule has 7 nitrogen and oxygen atoms in total. The molecular weight excluding hydrogens is 388 g/mol. The van der Waals surface area contributed by atoms with E-state index in [4.69, 9.17) is 0 Å². The summed E-state index contributed by atoms with van der Waals surface area (Å²) in [6, 6.07) is 12.3. The van der Waals surface area contributed by atoms with Crippen LogP contribution in [0.25, 0.3) is 16.6 Å². The number of imide groups is 1. The number of hydrogen-bond acceptors (Lipinski definition) is 5. The Bertz CT molecular complexity index is 1160. The van der Waals surface area contributed by atoms with Gasteiger partial charge in [-0.15, -0.1) is 0 Å². The number of carbonyl (C=O) groups excluding carboxylic acids is 2. The maximum atomic E-state index is 13.3. The number of fused-ring (bicyclic) bond motifs is 1. The SMILES string of the molecule is CNC(=O)NC(=O)[C@H](C)Sc1nc2ccccc2c(=O)n1-c1ccc(C)cc1C. The summed E-state index contributed by atoms with van der Waals surface area (Å²) in [5, 5.41) is 4.85. The zero-order valence-electron chi connectivity index (χ0n) is 16.6. The van der Waals surface area contributed by atoms with Gasteiger partial charge < -0.3 is 5.32 Å². The molecule has 2 aromatic carbocycles. The molecule has 0 spiro atoms. The Labute approximate surface area is 172 Å². The lowest BCUT2D eigenvalue weighted by atomic mass is 10.1. The minimum atomic E-state index is -0.641. The highest BCUT2D eigenvalue weighted by molar-refractivity contribution is 8.00. The number of nitrogens with one attached hydrogen (secondary N) is 2. The molecule has 0 aliphatic carbocycles. The Kier molecular flexibility index (Phi) is 6.03. The van der Waals surface area contributed by atoms with Gasteiger partial charge in [0.05, 0.1) is 21.8 Å². The largest absolute Gasteiger partial charge is 0.341 e. The highest BCUT2D eigenvalue weighted by Gasteiger charge is 2.22. The molecule has 1 atom stereocenters. The van der Waals surface area contributed by atoms with Crippen molar-refractivity contribution in [1.82, 2.24) is 20.2 Å². The number of hydrogen-bond donors (Lipinski definition) is 2. The van der Waals surface area contributed by atoms with E-state index in [0.717, 1.165) is 22.9 Å². The van der Waals surface area contributed by atoms with E-state index in [1.54, 1.807) is 25.1 Å². The lowest BCUT2D eigenvalue weighted by Gasteiger charge is -2.17. The molecule has 0 saturated carbocycles. The summed E-state index contributed by atoms with van der Waals surface area (Å²) in [7, 11) is 1.43. The smallest absolute Gasteiger partial charge is 0.321 e. The van der Waals surface area contributed by atoms with Crippen molar-refractivity contribution in [1.29, 1.82) is 0 Å². The maximum absolute atomic E-state index is 13.3. The number of aryl methyl sites for hydroxylation is 2. The molecule has 0 bridgehead atoms. The lowest BCUT2D eigenvalue weighted by Crippen LogP contribution is -2.41. The number of rotatable bonds is 4. The normalized spacial score (nSPS) is 11.9. The number of aromatic nitrogens is 2. The van der Waals surface area contributed by atoms with Crippen LogP contribution in [0.1, 0.15) is 18.1 Å². The van der Waals surface area contributed by atoms with Gasteiger partial charge in [0.2, 0.25) is 5.91 Å². The molecule has 2 N–H and O–H groups in total. The number of amides is 3. The Morgan fingerprint density at radius 1 is 1.14 bits per heavy atom. The Balaban J connectivity index is 2.13. The number of urea groups is 1. The molecule has 150 valence electrons. The van der Waals surface area contributed by atoms with E-state index in [0.29, 0.717) is 21.7 Å². The zero-order chi connectivity index (χ0) is 21.1. The third kappa shape index (κ3) is 4.32. The van der Waals surface area contributed by atoms with E-state index in [1.807, 2.05) is 38.1 Å². The minimum absolute atomic E-state index is 0.205. The molecule has 1 heterocycles. The lowest BCUT2D eigenvalue weighted by molar-refractivity contribution is -0.119. The maximum Gasteiger partial charge on any atom is 0.321 e. The summed E-state index contributed by atoms with van der Waals surface area (Å²) in [5.41, 5.74) is 3.07. The summed E-state index contributed by atoms with van der Waals surface area (Å²) in [4.78, 5) is 41.7. The molecule has 1 aromatic heterocycles. The third-order valence-corrected chi connectivity index (χ3v) is 5.51. The number of nitrogens with zero attached hydrogens (tertiary/aromatic N) is 2. The molecule has 0 aliphatic rings. The van der Waals surface area contributed by atoms with Crippen LogP contribution in [-0.4, -0.2) is 33.8 Å². The van der Waals surface area contributed by atoms with Crippen LogP contribution < -0.4 is 16.2 Å². The second-order valence-electron chi connectivity index (χ2n) is 6.67. The first-order valence-corrected chi connectivity index (χ1v) is 9.98. The Morgan fingerprint density at radius 3 is 2.55 bits per heavy atom. The second-order valence-corrected chi connectivity index (χ2v) is 7.98. The third-order valence-electron chi connectivity index (χ3n) is 4.45. The number of benzene rings is 2. The van der Waals surface area contributed by atoms with E-state index < -0.39 is 17.2 Å². The van der Waals surface area contributed by atoms with Crippen molar-refractivity contribution in [2.75, 3.05) is 7.05 Å². The molecule has 8 heteroatoms. The van der Waals surface area contributed by atoms with Crippen LogP contribution >= 0.6 is 11.8 Å². The monoisotopic (exact) mass is 410 g/mol. The highest BCUT2D eigenvalue weighted by Crippen LogP contribution is 2.26. The first-order chi connectivity index (χ1) is 13.8. The van der Waals surface area contributed by atoms with Gasteiger partial charge in [-0.25, -0.2) is 9.78 Å². The molecule has 0 radical (unpaired) electrons. The molecule has 0 fully saturated rings. The molecule has 3 rings (SSSR count). The predicted octanol–water partition coefficient (Wildman–Crippen LogP) is 2.94. The predicted molar refractivity (Wildman–Crippen MR) is 115 cm³/mol. The van der Waals surface area contributed by atoms with Crippen molar-refractivity contribution in [3.63, 3.8) is 0 Å². The summed E-state index contributed by atoms with van der Waals surface area (Å²) in [6.07, 6.45) is 0. The van der Waals surface area contributed by atoms with Crippen LogP contribution in [0.15, 0.2) is 52.4 Å². The minimum Gasteiger partial charge on any atom is -0.341 e. The van der Waals surface area contributed by atoms with Crippen LogP contribution in [0.4, 0.5) is 4.79 Å². The van der Waals surface area contributed by atoms with Crippen molar-refractivity contribution in [3.05, 3.63) is 63.9 Å². The molecule has 0 unspecified atom stereocenters. The first-order valence-electron chi connectivity index (χ1n) is 9.10. The standard InChI is InChI=1S/C21H22N4O3S/c1-12-9-10-17(13(2)11-12)25-19(27)15-7-5-6-8-16(15)23-21(25)29-14(3)18(26)24-20(28)22-4/h5-11,14H,1-4H3,(H2,22,24,26,28)/t14-/m0/s1. The van der Waals surface area contributed by atoms with Crippen molar-refractivity contribution < 1.29 is 9.59 Å². The summed E-state index contributed by atoms with van der Waals surface area (Å²) in [5.74, 6) is -0.469. The number of thioether (sulfide) groups is 1. The van der Waals surface area contributed by atoms with E-state index in [-0.39, 0.29) is 5.56 Å². The average molecular weight is 410 g/mol. The van der Waals surface area contributed by atoms with Gasteiger partial charge in [0, 0.05) is 7.05 Å². The summed E-state index contributed by atoms with van der Waals surface area (Å²) >= 11 is 1.13. The van der Waals surface area contributed by atoms with Crippen molar-refractivity contribution in [3.8, 4) is 5.69 Å². The Morgan fingerprint density at radius 2 is 1.86 bits per heavy atom. The van der Waals surface area contributed by atoms with E-state index in [1.165, 1.54) is 11.6 Å². The first kappa shape index (κ1) is 20.6. The molecule has 29 heavy (non-hydrogen) atoms. The molecular formula is C21H22N4O3S. The van der Waals surface area contributed by atoms with Crippen LogP contribution in [-0.2, 0) is 4.79 Å². The van der Waals surface area contributed by atoms with E-state index in [2.05, 4.69) is 15.6 Å². The number of carbonyl (C=O) groups is 2. The number of para-hydroxylation sites is 1. The topological polar surface area (TPSA) is 93.1 Å². The van der Waals surface area contributed by atoms with Gasteiger partial charge in [-0.1, -0.05) is 41.6 Å². The van der Waals surface area contributed by atoms with Gasteiger partial charge in [-0.3, -0.25) is 19.5 Å².